The van der Waals surface area contributed by atoms with Crippen LogP contribution in [0.15, 0.2) is 38.6 Å². The molecule has 2 rings (SSSR count). The van der Waals surface area contributed by atoms with Crippen LogP contribution in [-0.2, 0) is 9.59 Å². The van der Waals surface area contributed by atoms with E-state index in [9.17, 15) is 9.59 Å². The van der Waals surface area contributed by atoms with Gasteiger partial charge in [0.15, 0.2) is 5.17 Å². The molecule has 0 radical (unpaired) electrons. The van der Waals surface area contributed by atoms with Gasteiger partial charge >= 0.3 is 0 Å². The second-order valence-corrected chi connectivity index (χ2v) is 5.51. The molecule has 0 bridgehead atoms. The van der Waals surface area contributed by atoms with Crippen LogP contribution in [-0.4, -0.2) is 17.0 Å². The molecule has 0 spiro atoms. The Hall–Kier alpha value is -1.40. The van der Waals surface area contributed by atoms with E-state index in [1.54, 1.807) is 6.08 Å². The zero-order valence-electron chi connectivity index (χ0n) is 9.44. The molecular formula is C12H9BrN2O2S. The van der Waals surface area contributed by atoms with Gasteiger partial charge in [-0.05, 0) is 35.5 Å². The van der Waals surface area contributed by atoms with E-state index in [1.807, 2.05) is 24.3 Å². The quantitative estimate of drug-likeness (QED) is 0.808. The highest BCUT2D eigenvalue weighted by molar-refractivity contribution is 9.10. The van der Waals surface area contributed by atoms with Gasteiger partial charge in [-0.25, -0.2) is 0 Å². The van der Waals surface area contributed by atoms with Gasteiger partial charge in [0.05, 0.1) is 4.91 Å². The van der Waals surface area contributed by atoms with Crippen LogP contribution in [0.2, 0.25) is 0 Å². The molecule has 1 aliphatic heterocycles. The van der Waals surface area contributed by atoms with Crippen molar-refractivity contribution in [3.05, 3.63) is 39.2 Å². The van der Waals surface area contributed by atoms with Gasteiger partial charge in [0.2, 0.25) is 5.91 Å². The molecule has 0 fully saturated rings. The molecule has 1 aliphatic rings. The number of hydrogen-bond donors (Lipinski definition) is 1. The van der Waals surface area contributed by atoms with Crippen LogP contribution in [0.4, 0.5) is 0 Å². The van der Waals surface area contributed by atoms with E-state index >= 15 is 0 Å². The second-order valence-electron chi connectivity index (χ2n) is 3.57. The number of carbonyl (C=O) groups is 2. The van der Waals surface area contributed by atoms with Gasteiger partial charge < -0.3 is 5.32 Å². The minimum absolute atomic E-state index is 0.237. The van der Waals surface area contributed by atoms with Crippen LogP contribution in [0.5, 0.6) is 0 Å². The predicted octanol–water partition coefficient (Wildman–Crippen LogP) is 2.56. The van der Waals surface area contributed by atoms with Crippen LogP contribution in [0.3, 0.4) is 0 Å². The number of aliphatic imine (C=N–C) groups is 1. The highest BCUT2D eigenvalue weighted by Gasteiger charge is 2.22. The molecule has 2 amide bonds. The van der Waals surface area contributed by atoms with E-state index in [2.05, 4.69) is 26.2 Å². The molecule has 18 heavy (non-hydrogen) atoms. The van der Waals surface area contributed by atoms with Crippen molar-refractivity contribution in [1.29, 1.82) is 0 Å². The van der Waals surface area contributed by atoms with Crippen molar-refractivity contribution in [2.75, 3.05) is 0 Å². The molecule has 6 heteroatoms. The Morgan fingerprint density at radius 3 is 2.67 bits per heavy atom. The Balaban J connectivity index is 2.15. The number of thioether (sulfide) groups is 1. The fraction of sp³-hybridized carbons (Fsp3) is 0.0833. The van der Waals surface area contributed by atoms with Crippen molar-refractivity contribution >= 4 is 50.7 Å². The molecule has 0 saturated carbocycles. The normalized spacial score (nSPS) is 16.9. The fourth-order valence-corrected chi connectivity index (χ4v) is 2.45. The van der Waals surface area contributed by atoms with Crippen LogP contribution in [0, 0.1) is 0 Å². The Bertz CT molecular complexity index is 564. The summed E-state index contributed by atoms with van der Waals surface area (Å²) in [6.45, 7) is 1.38. The molecule has 1 N–H and O–H groups in total. The molecule has 1 aromatic carbocycles. The lowest BCUT2D eigenvalue weighted by Gasteiger charge is -1.98. The number of rotatable bonds is 1. The number of benzene rings is 1. The summed E-state index contributed by atoms with van der Waals surface area (Å²) in [6.07, 6.45) is 1.75. The first-order valence-electron chi connectivity index (χ1n) is 5.10. The number of hydrogen-bond acceptors (Lipinski definition) is 3. The molecule has 1 aromatic rings. The largest absolute Gasteiger partial charge is 0.305 e. The Labute approximate surface area is 117 Å². The van der Waals surface area contributed by atoms with E-state index in [1.165, 1.54) is 6.92 Å². The van der Waals surface area contributed by atoms with Gasteiger partial charge in [0.25, 0.3) is 5.91 Å². The number of nitrogens with one attached hydrogen (secondary N) is 1. The summed E-state index contributed by atoms with van der Waals surface area (Å²) in [5.74, 6) is -0.564. The van der Waals surface area contributed by atoms with Crippen LogP contribution in [0.1, 0.15) is 12.5 Å². The Morgan fingerprint density at radius 1 is 1.39 bits per heavy atom. The summed E-state index contributed by atoms with van der Waals surface area (Å²) in [4.78, 5) is 26.7. The summed E-state index contributed by atoms with van der Waals surface area (Å²) >= 11 is 4.51. The lowest BCUT2D eigenvalue weighted by molar-refractivity contribution is -0.117. The van der Waals surface area contributed by atoms with Gasteiger partial charge in [0, 0.05) is 11.4 Å². The Kier molecular flexibility index (Phi) is 3.98. The van der Waals surface area contributed by atoms with Gasteiger partial charge in [-0.15, -0.1) is 0 Å². The molecule has 0 unspecified atom stereocenters. The average molecular weight is 325 g/mol. The molecular weight excluding hydrogens is 316 g/mol. The maximum absolute atomic E-state index is 11.6. The van der Waals surface area contributed by atoms with Crippen LogP contribution >= 0.6 is 27.7 Å². The van der Waals surface area contributed by atoms with E-state index in [0.29, 0.717) is 10.1 Å². The summed E-state index contributed by atoms with van der Waals surface area (Å²) in [5.41, 5.74) is 0.910. The maximum atomic E-state index is 11.6. The van der Waals surface area contributed by atoms with Gasteiger partial charge in [0.1, 0.15) is 0 Å². The zero-order valence-corrected chi connectivity index (χ0v) is 11.8. The highest BCUT2D eigenvalue weighted by Crippen LogP contribution is 2.27. The van der Waals surface area contributed by atoms with Crippen molar-refractivity contribution in [1.82, 2.24) is 5.32 Å². The van der Waals surface area contributed by atoms with Gasteiger partial charge in [-0.3, -0.25) is 9.59 Å². The van der Waals surface area contributed by atoms with Crippen molar-refractivity contribution in [3.8, 4) is 0 Å². The van der Waals surface area contributed by atoms with Crippen molar-refractivity contribution in [2.45, 2.75) is 6.92 Å². The first-order chi connectivity index (χ1) is 8.54. The summed E-state index contributed by atoms with van der Waals surface area (Å²) in [6, 6.07) is 7.57. The maximum Gasteiger partial charge on any atom is 0.286 e. The number of amides is 2. The first-order valence-corrected chi connectivity index (χ1v) is 6.71. The fourth-order valence-electron chi connectivity index (χ4n) is 1.32. The summed E-state index contributed by atoms with van der Waals surface area (Å²) in [7, 11) is 0. The van der Waals surface area contributed by atoms with E-state index in [4.69, 9.17) is 0 Å². The third-order valence-corrected chi connectivity index (χ3v) is 3.50. The van der Waals surface area contributed by atoms with Crippen molar-refractivity contribution in [2.24, 2.45) is 4.99 Å². The Morgan fingerprint density at radius 2 is 2.06 bits per heavy atom. The highest BCUT2D eigenvalue weighted by atomic mass is 79.9. The predicted molar refractivity (Wildman–Crippen MR) is 76.0 cm³/mol. The van der Waals surface area contributed by atoms with E-state index in [-0.39, 0.29) is 11.8 Å². The SMILES string of the molecule is CC(=O)NC1=NC(=O)C(=Cc2ccc(Br)cc2)S1. The third-order valence-electron chi connectivity index (χ3n) is 2.07. The number of carbonyl (C=O) groups excluding carboxylic acids is 2. The first kappa shape index (κ1) is 13.0. The third kappa shape index (κ3) is 3.30. The molecule has 0 aliphatic carbocycles. The van der Waals surface area contributed by atoms with Crippen molar-refractivity contribution in [3.63, 3.8) is 0 Å². The van der Waals surface area contributed by atoms with E-state index < -0.39 is 0 Å². The molecule has 0 saturated heterocycles. The van der Waals surface area contributed by atoms with Crippen LogP contribution in [0.25, 0.3) is 6.08 Å². The number of amidine groups is 1. The lowest BCUT2D eigenvalue weighted by Crippen LogP contribution is -2.23. The molecule has 92 valence electrons. The number of halogens is 1. The molecule has 4 nitrogen and oxygen atoms in total. The average Bonchev–Trinajstić information content (AvgIpc) is 2.61. The minimum Gasteiger partial charge on any atom is -0.305 e. The zero-order chi connectivity index (χ0) is 13.1. The van der Waals surface area contributed by atoms with Gasteiger partial charge in [-0.2, -0.15) is 4.99 Å². The van der Waals surface area contributed by atoms with Gasteiger partial charge in [-0.1, -0.05) is 28.1 Å². The number of nitrogens with zero attached hydrogens (tertiary/aromatic N) is 1. The molecule has 0 aromatic heterocycles. The minimum atomic E-state index is -0.327. The van der Waals surface area contributed by atoms with Crippen LogP contribution < -0.4 is 5.32 Å². The smallest absolute Gasteiger partial charge is 0.286 e. The molecule has 0 atom stereocenters. The van der Waals surface area contributed by atoms with Crippen molar-refractivity contribution < 1.29 is 9.59 Å². The topological polar surface area (TPSA) is 58.5 Å². The standard InChI is InChI=1S/C12H9BrN2O2S/c1-7(16)14-12-15-11(17)10(18-12)6-8-2-4-9(13)5-3-8/h2-6H,1H3,(H,14,15,16,17). The van der Waals surface area contributed by atoms with E-state index in [0.717, 1.165) is 21.8 Å². The monoisotopic (exact) mass is 324 g/mol. The summed E-state index contributed by atoms with van der Waals surface area (Å²) < 4.78 is 0.977. The summed E-state index contributed by atoms with van der Waals surface area (Å²) in [5, 5.41) is 2.83. The molecule has 1 heterocycles. The second kappa shape index (κ2) is 5.49. The lowest BCUT2D eigenvalue weighted by atomic mass is 10.2.